The summed E-state index contributed by atoms with van der Waals surface area (Å²) in [6.07, 6.45) is 0. The van der Waals surface area contributed by atoms with E-state index in [1.165, 1.54) is 7.11 Å². The number of amides is 1. The highest BCUT2D eigenvalue weighted by molar-refractivity contribution is 5.97. The van der Waals surface area contributed by atoms with Gasteiger partial charge in [0.2, 0.25) is 0 Å². The topological polar surface area (TPSA) is 48.0 Å². The van der Waals surface area contributed by atoms with E-state index < -0.39 is 0 Å². The van der Waals surface area contributed by atoms with Gasteiger partial charge >= 0.3 is 0 Å². The molecule has 5 heteroatoms. The summed E-state index contributed by atoms with van der Waals surface area (Å²) in [5.74, 6) is 1.05. The number of hydrogen-bond acceptors (Lipinski definition) is 4. The summed E-state index contributed by atoms with van der Waals surface area (Å²) in [5.41, 5.74) is 0.511. The highest BCUT2D eigenvalue weighted by Crippen LogP contribution is 2.25. The second kappa shape index (κ2) is 6.86. The highest BCUT2D eigenvalue weighted by atomic mass is 16.5. The second-order valence-corrected chi connectivity index (χ2v) is 3.79. The molecule has 5 nitrogen and oxygen atoms in total. The van der Waals surface area contributed by atoms with Crippen LogP contribution >= 0.6 is 0 Å². The van der Waals surface area contributed by atoms with E-state index in [0.717, 1.165) is 0 Å². The van der Waals surface area contributed by atoms with Gasteiger partial charge in [-0.3, -0.25) is 4.79 Å². The minimum Gasteiger partial charge on any atom is -0.497 e. The van der Waals surface area contributed by atoms with Crippen molar-refractivity contribution in [2.24, 2.45) is 0 Å². The first kappa shape index (κ1) is 14.3. The van der Waals surface area contributed by atoms with Gasteiger partial charge in [-0.25, -0.2) is 0 Å². The van der Waals surface area contributed by atoms with Crippen LogP contribution in [0.5, 0.6) is 11.5 Å². The third-order valence-corrected chi connectivity index (χ3v) is 2.62. The standard InChI is InChI=1S/C13H19NO4/c1-14(7-8-16-2)13(15)11-6-5-10(17-3)9-12(11)18-4/h5-6,9H,7-8H2,1-4H3. The molecule has 0 spiro atoms. The van der Waals surface area contributed by atoms with Crippen LogP contribution in [-0.2, 0) is 4.74 Å². The van der Waals surface area contributed by atoms with Gasteiger partial charge in [-0.1, -0.05) is 0 Å². The third-order valence-electron chi connectivity index (χ3n) is 2.62. The molecule has 0 saturated carbocycles. The van der Waals surface area contributed by atoms with Crippen molar-refractivity contribution in [1.29, 1.82) is 0 Å². The molecule has 0 saturated heterocycles. The Kier molecular flexibility index (Phi) is 5.45. The molecule has 1 aromatic carbocycles. The Morgan fingerprint density at radius 1 is 1.22 bits per heavy atom. The molecule has 0 aliphatic rings. The average Bonchev–Trinajstić information content (AvgIpc) is 2.43. The fraction of sp³-hybridized carbons (Fsp3) is 0.462. The van der Waals surface area contributed by atoms with Gasteiger partial charge < -0.3 is 19.1 Å². The number of methoxy groups -OCH3 is 3. The summed E-state index contributed by atoms with van der Waals surface area (Å²) in [6.45, 7) is 1.03. The molecule has 1 aromatic rings. The predicted octanol–water partition coefficient (Wildman–Crippen LogP) is 1.42. The summed E-state index contributed by atoms with van der Waals surface area (Å²) in [6, 6.07) is 5.13. The van der Waals surface area contributed by atoms with Crippen molar-refractivity contribution in [1.82, 2.24) is 4.90 Å². The summed E-state index contributed by atoms with van der Waals surface area (Å²) in [7, 11) is 6.43. The number of carbonyl (C=O) groups excluding carboxylic acids is 1. The van der Waals surface area contributed by atoms with Gasteiger partial charge in [-0.15, -0.1) is 0 Å². The van der Waals surface area contributed by atoms with Crippen LogP contribution < -0.4 is 9.47 Å². The predicted molar refractivity (Wildman–Crippen MR) is 68.4 cm³/mol. The van der Waals surface area contributed by atoms with Crippen LogP contribution in [0.25, 0.3) is 0 Å². The number of hydrogen-bond donors (Lipinski definition) is 0. The van der Waals surface area contributed by atoms with E-state index in [1.807, 2.05) is 0 Å². The largest absolute Gasteiger partial charge is 0.497 e. The number of ether oxygens (including phenoxy) is 3. The van der Waals surface area contributed by atoms with Gasteiger partial charge in [0.25, 0.3) is 5.91 Å². The summed E-state index contributed by atoms with van der Waals surface area (Å²) >= 11 is 0. The maximum Gasteiger partial charge on any atom is 0.257 e. The lowest BCUT2D eigenvalue weighted by molar-refractivity contribution is 0.0741. The molecule has 0 aliphatic carbocycles. The molecule has 18 heavy (non-hydrogen) atoms. The summed E-state index contributed by atoms with van der Waals surface area (Å²) in [5, 5.41) is 0. The lowest BCUT2D eigenvalue weighted by atomic mass is 10.1. The number of likely N-dealkylation sites (N-methyl/N-ethyl adjacent to an activating group) is 1. The molecule has 1 amide bonds. The van der Waals surface area contributed by atoms with Crippen molar-refractivity contribution in [2.75, 3.05) is 41.5 Å². The van der Waals surface area contributed by atoms with Gasteiger partial charge in [0.1, 0.15) is 11.5 Å². The highest BCUT2D eigenvalue weighted by Gasteiger charge is 2.16. The molecule has 0 bridgehead atoms. The maximum atomic E-state index is 12.2. The fourth-order valence-electron chi connectivity index (χ4n) is 1.51. The van der Waals surface area contributed by atoms with Gasteiger partial charge in [0.15, 0.2) is 0 Å². The van der Waals surface area contributed by atoms with E-state index in [-0.39, 0.29) is 5.91 Å². The Morgan fingerprint density at radius 3 is 2.50 bits per heavy atom. The van der Waals surface area contributed by atoms with E-state index in [2.05, 4.69) is 0 Å². The molecule has 0 N–H and O–H groups in total. The van der Waals surface area contributed by atoms with Crippen molar-refractivity contribution < 1.29 is 19.0 Å². The zero-order valence-corrected chi connectivity index (χ0v) is 11.2. The van der Waals surface area contributed by atoms with Crippen LogP contribution in [0.3, 0.4) is 0 Å². The normalized spacial score (nSPS) is 10.0. The van der Waals surface area contributed by atoms with Crippen LogP contribution in [0.1, 0.15) is 10.4 Å². The van der Waals surface area contributed by atoms with Crippen molar-refractivity contribution in [3.05, 3.63) is 23.8 Å². The molecular formula is C13H19NO4. The first-order valence-corrected chi connectivity index (χ1v) is 5.60. The Bertz CT molecular complexity index is 406. The van der Waals surface area contributed by atoms with Crippen molar-refractivity contribution >= 4 is 5.91 Å². The number of benzene rings is 1. The minimum absolute atomic E-state index is 0.105. The van der Waals surface area contributed by atoms with Gasteiger partial charge in [0.05, 0.1) is 26.4 Å². The number of carbonyl (C=O) groups is 1. The van der Waals surface area contributed by atoms with Crippen molar-refractivity contribution in [3.63, 3.8) is 0 Å². The molecule has 1 rings (SSSR count). The van der Waals surface area contributed by atoms with E-state index in [0.29, 0.717) is 30.2 Å². The van der Waals surface area contributed by atoms with Crippen molar-refractivity contribution in [2.45, 2.75) is 0 Å². The quantitative estimate of drug-likeness (QED) is 0.769. The summed E-state index contributed by atoms with van der Waals surface area (Å²) in [4.78, 5) is 13.8. The molecule has 100 valence electrons. The number of nitrogens with zero attached hydrogens (tertiary/aromatic N) is 1. The van der Waals surface area contributed by atoms with E-state index in [9.17, 15) is 4.79 Å². The molecule has 0 unspecified atom stereocenters. The lowest BCUT2D eigenvalue weighted by Gasteiger charge is -2.18. The second-order valence-electron chi connectivity index (χ2n) is 3.79. The Hall–Kier alpha value is -1.75. The Morgan fingerprint density at radius 2 is 1.94 bits per heavy atom. The molecular weight excluding hydrogens is 234 g/mol. The van der Waals surface area contributed by atoms with Crippen LogP contribution in [-0.4, -0.2) is 52.3 Å². The zero-order valence-electron chi connectivity index (χ0n) is 11.2. The average molecular weight is 253 g/mol. The van der Waals surface area contributed by atoms with Crippen LogP contribution in [0.4, 0.5) is 0 Å². The van der Waals surface area contributed by atoms with Crippen LogP contribution in [0, 0.1) is 0 Å². The number of rotatable bonds is 6. The van der Waals surface area contributed by atoms with Crippen LogP contribution in [0.15, 0.2) is 18.2 Å². The van der Waals surface area contributed by atoms with Gasteiger partial charge in [0, 0.05) is 26.8 Å². The van der Waals surface area contributed by atoms with E-state index in [1.54, 1.807) is 44.4 Å². The molecule has 0 atom stereocenters. The fourth-order valence-corrected chi connectivity index (χ4v) is 1.51. The van der Waals surface area contributed by atoms with E-state index in [4.69, 9.17) is 14.2 Å². The molecule has 0 radical (unpaired) electrons. The maximum absolute atomic E-state index is 12.2. The van der Waals surface area contributed by atoms with E-state index >= 15 is 0 Å². The Balaban J connectivity index is 2.90. The lowest BCUT2D eigenvalue weighted by Crippen LogP contribution is -2.30. The zero-order chi connectivity index (χ0) is 13.5. The summed E-state index contributed by atoms with van der Waals surface area (Å²) < 4.78 is 15.2. The minimum atomic E-state index is -0.105. The molecule has 0 heterocycles. The van der Waals surface area contributed by atoms with Gasteiger partial charge in [-0.05, 0) is 12.1 Å². The Labute approximate surface area is 107 Å². The first-order chi connectivity index (χ1) is 8.63. The monoisotopic (exact) mass is 253 g/mol. The molecule has 0 aliphatic heterocycles. The molecule has 0 aromatic heterocycles. The molecule has 0 fully saturated rings. The SMILES string of the molecule is COCCN(C)C(=O)c1ccc(OC)cc1OC. The van der Waals surface area contributed by atoms with Crippen molar-refractivity contribution in [3.8, 4) is 11.5 Å². The van der Waals surface area contributed by atoms with Crippen LogP contribution in [0.2, 0.25) is 0 Å². The third kappa shape index (κ3) is 3.37. The first-order valence-electron chi connectivity index (χ1n) is 5.60. The smallest absolute Gasteiger partial charge is 0.257 e. The van der Waals surface area contributed by atoms with Gasteiger partial charge in [-0.2, -0.15) is 0 Å².